The van der Waals surface area contributed by atoms with Crippen molar-refractivity contribution in [1.29, 1.82) is 0 Å². The van der Waals surface area contributed by atoms with Crippen LogP contribution >= 0.6 is 0 Å². The van der Waals surface area contributed by atoms with Crippen molar-refractivity contribution < 1.29 is 4.79 Å². The predicted molar refractivity (Wildman–Crippen MR) is 102 cm³/mol. The zero-order chi connectivity index (χ0) is 18.1. The van der Waals surface area contributed by atoms with Crippen molar-refractivity contribution in [2.24, 2.45) is 0 Å². The van der Waals surface area contributed by atoms with Crippen LogP contribution in [0.2, 0.25) is 0 Å². The lowest BCUT2D eigenvalue weighted by Crippen LogP contribution is -2.30. The largest absolute Gasteiger partial charge is 0.332 e. The van der Waals surface area contributed by atoms with Crippen molar-refractivity contribution in [1.82, 2.24) is 14.5 Å². The lowest BCUT2D eigenvalue weighted by molar-refractivity contribution is 0.0735. The molecule has 0 radical (unpaired) electrons. The van der Waals surface area contributed by atoms with Crippen LogP contribution in [0, 0.1) is 13.8 Å². The average Bonchev–Trinajstić information content (AvgIpc) is 3.29. The minimum absolute atomic E-state index is 0.106. The van der Waals surface area contributed by atoms with Crippen LogP contribution in [0.15, 0.2) is 60.8 Å². The SMILES string of the molecule is Cc1ccc(C)n1-c1ccc([C@H]2CCCN2C(=O)c2ccccc2)cn1. The third-order valence-electron chi connectivity index (χ3n) is 5.19. The van der Waals surface area contributed by atoms with Gasteiger partial charge in [0, 0.05) is 29.7 Å². The summed E-state index contributed by atoms with van der Waals surface area (Å²) in [4.78, 5) is 19.5. The Kier molecular flexibility index (Phi) is 4.33. The van der Waals surface area contributed by atoms with Crippen LogP contribution in [0.5, 0.6) is 0 Å². The number of nitrogens with zero attached hydrogens (tertiary/aromatic N) is 3. The molecule has 0 aliphatic carbocycles. The Morgan fingerprint density at radius 2 is 1.73 bits per heavy atom. The van der Waals surface area contributed by atoms with Crippen molar-refractivity contribution in [3.05, 3.63) is 83.3 Å². The molecule has 1 aliphatic heterocycles. The van der Waals surface area contributed by atoms with E-state index in [1.54, 1.807) is 0 Å². The first-order chi connectivity index (χ1) is 12.6. The van der Waals surface area contributed by atoms with Gasteiger partial charge < -0.3 is 9.47 Å². The van der Waals surface area contributed by atoms with Crippen molar-refractivity contribution >= 4 is 5.91 Å². The molecule has 1 fully saturated rings. The fourth-order valence-corrected chi connectivity index (χ4v) is 3.86. The van der Waals surface area contributed by atoms with E-state index in [1.807, 2.05) is 41.4 Å². The summed E-state index contributed by atoms with van der Waals surface area (Å²) in [5.41, 5.74) is 4.20. The first-order valence-corrected chi connectivity index (χ1v) is 9.12. The number of hydrogen-bond acceptors (Lipinski definition) is 2. The number of aromatic nitrogens is 2. The zero-order valence-electron chi connectivity index (χ0n) is 15.2. The number of aryl methyl sites for hydroxylation is 2. The van der Waals surface area contributed by atoms with Gasteiger partial charge in [-0.2, -0.15) is 0 Å². The fourth-order valence-electron chi connectivity index (χ4n) is 3.86. The van der Waals surface area contributed by atoms with Crippen LogP contribution in [-0.2, 0) is 0 Å². The minimum atomic E-state index is 0.106. The van der Waals surface area contributed by atoms with Gasteiger partial charge in [0.25, 0.3) is 5.91 Å². The summed E-state index contributed by atoms with van der Waals surface area (Å²) in [5, 5.41) is 0. The third-order valence-corrected chi connectivity index (χ3v) is 5.19. The maximum atomic E-state index is 12.9. The molecule has 1 atom stereocenters. The highest BCUT2D eigenvalue weighted by Crippen LogP contribution is 2.33. The predicted octanol–water partition coefficient (Wildman–Crippen LogP) is 4.47. The molecule has 0 bridgehead atoms. The first-order valence-electron chi connectivity index (χ1n) is 9.12. The van der Waals surface area contributed by atoms with Crippen LogP contribution in [0.1, 0.15) is 46.2 Å². The highest BCUT2D eigenvalue weighted by atomic mass is 16.2. The summed E-state index contributed by atoms with van der Waals surface area (Å²) >= 11 is 0. The van der Waals surface area contributed by atoms with E-state index in [4.69, 9.17) is 0 Å². The van der Waals surface area contributed by atoms with E-state index in [2.05, 4.69) is 47.7 Å². The standard InChI is InChI=1S/C22H23N3O/c1-16-10-11-17(2)25(16)21-13-12-19(15-23-21)20-9-6-14-24(20)22(26)18-7-4-3-5-8-18/h3-5,7-8,10-13,15,20H,6,9,14H2,1-2H3/t20-/m1/s1. The summed E-state index contributed by atoms with van der Waals surface area (Å²) in [6.45, 7) is 4.97. The van der Waals surface area contributed by atoms with E-state index in [0.29, 0.717) is 0 Å². The van der Waals surface area contributed by atoms with E-state index in [9.17, 15) is 4.79 Å². The van der Waals surface area contributed by atoms with Gasteiger partial charge in [-0.25, -0.2) is 4.98 Å². The molecule has 3 aromatic rings. The van der Waals surface area contributed by atoms with E-state index in [1.165, 1.54) is 11.4 Å². The molecule has 1 amide bonds. The Morgan fingerprint density at radius 3 is 2.38 bits per heavy atom. The molecule has 26 heavy (non-hydrogen) atoms. The van der Waals surface area contributed by atoms with Gasteiger partial charge in [0.05, 0.1) is 6.04 Å². The molecule has 0 unspecified atom stereocenters. The van der Waals surface area contributed by atoms with Gasteiger partial charge in [0.2, 0.25) is 0 Å². The topological polar surface area (TPSA) is 38.1 Å². The molecule has 0 spiro atoms. The van der Waals surface area contributed by atoms with E-state index >= 15 is 0 Å². The van der Waals surface area contributed by atoms with E-state index in [-0.39, 0.29) is 11.9 Å². The maximum Gasteiger partial charge on any atom is 0.254 e. The zero-order valence-corrected chi connectivity index (χ0v) is 15.2. The Labute approximate surface area is 154 Å². The molecule has 3 heterocycles. The Morgan fingerprint density at radius 1 is 1.00 bits per heavy atom. The second-order valence-electron chi connectivity index (χ2n) is 6.92. The molecule has 1 aromatic carbocycles. The fraction of sp³-hybridized carbons (Fsp3) is 0.273. The van der Waals surface area contributed by atoms with Gasteiger partial charge >= 0.3 is 0 Å². The lowest BCUT2D eigenvalue weighted by Gasteiger charge is -2.25. The molecule has 4 heteroatoms. The van der Waals surface area contributed by atoms with Crippen molar-refractivity contribution in [3.63, 3.8) is 0 Å². The molecular weight excluding hydrogens is 322 g/mol. The number of rotatable bonds is 3. The number of hydrogen-bond donors (Lipinski definition) is 0. The summed E-state index contributed by atoms with van der Waals surface area (Å²) in [7, 11) is 0. The number of pyridine rings is 1. The van der Waals surface area contributed by atoms with Crippen molar-refractivity contribution in [2.75, 3.05) is 6.54 Å². The lowest BCUT2D eigenvalue weighted by atomic mass is 10.1. The maximum absolute atomic E-state index is 12.9. The van der Waals surface area contributed by atoms with Crippen LogP contribution < -0.4 is 0 Å². The summed E-state index contributed by atoms with van der Waals surface area (Å²) < 4.78 is 2.14. The van der Waals surface area contributed by atoms with E-state index < -0.39 is 0 Å². The monoisotopic (exact) mass is 345 g/mol. The second-order valence-corrected chi connectivity index (χ2v) is 6.92. The summed E-state index contributed by atoms with van der Waals surface area (Å²) in [6.07, 6.45) is 3.94. The Bertz CT molecular complexity index is 893. The van der Waals surface area contributed by atoms with Crippen molar-refractivity contribution in [2.45, 2.75) is 32.7 Å². The molecule has 4 rings (SSSR count). The molecular formula is C22H23N3O. The Balaban J connectivity index is 1.60. The molecule has 1 saturated heterocycles. The summed E-state index contributed by atoms with van der Waals surface area (Å²) in [5.74, 6) is 1.03. The van der Waals surface area contributed by atoms with Crippen LogP contribution in [0.4, 0.5) is 0 Å². The van der Waals surface area contributed by atoms with Gasteiger partial charge in [0.1, 0.15) is 5.82 Å². The molecule has 132 valence electrons. The summed E-state index contributed by atoms with van der Waals surface area (Å²) in [6, 6.07) is 18.0. The molecule has 0 N–H and O–H groups in total. The first kappa shape index (κ1) is 16.6. The van der Waals surface area contributed by atoms with Crippen LogP contribution in [0.3, 0.4) is 0 Å². The number of carbonyl (C=O) groups is 1. The number of benzene rings is 1. The number of amides is 1. The van der Waals surface area contributed by atoms with Gasteiger partial charge in [-0.3, -0.25) is 4.79 Å². The van der Waals surface area contributed by atoms with Crippen LogP contribution in [0.25, 0.3) is 5.82 Å². The third kappa shape index (κ3) is 2.92. The van der Waals surface area contributed by atoms with E-state index in [0.717, 1.165) is 36.3 Å². The number of likely N-dealkylation sites (tertiary alicyclic amines) is 1. The van der Waals surface area contributed by atoms with Gasteiger partial charge in [0.15, 0.2) is 0 Å². The smallest absolute Gasteiger partial charge is 0.254 e. The van der Waals surface area contributed by atoms with Gasteiger partial charge in [-0.15, -0.1) is 0 Å². The average molecular weight is 345 g/mol. The quantitative estimate of drug-likeness (QED) is 0.702. The molecule has 1 aliphatic rings. The normalized spacial score (nSPS) is 16.8. The van der Waals surface area contributed by atoms with Crippen molar-refractivity contribution in [3.8, 4) is 5.82 Å². The minimum Gasteiger partial charge on any atom is -0.332 e. The molecule has 4 nitrogen and oxygen atoms in total. The molecule has 0 saturated carbocycles. The van der Waals surface area contributed by atoms with Gasteiger partial charge in [-0.05, 0) is 62.6 Å². The van der Waals surface area contributed by atoms with Gasteiger partial charge in [-0.1, -0.05) is 24.3 Å². The highest BCUT2D eigenvalue weighted by molar-refractivity contribution is 5.94. The second kappa shape index (κ2) is 6.79. The Hall–Kier alpha value is -2.88. The highest BCUT2D eigenvalue weighted by Gasteiger charge is 2.30. The molecule has 2 aromatic heterocycles. The number of carbonyl (C=O) groups excluding carboxylic acids is 1. The van der Waals surface area contributed by atoms with Crippen LogP contribution in [-0.4, -0.2) is 26.9 Å².